The fourth-order valence-electron chi connectivity index (χ4n) is 2.03. The van der Waals surface area contributed by atoms with Gasteiger partial charge in [0.05, 0.1) is 16.5 Å². The van der Waals surface area contributed by atoms with Crippen molar-refractivity contribution < 1.29 is 19.1 Å². The number of carbonyl (C=O) groups is 2. The lowest BCUT2D eigenvalue weighted by molar-refractivity contribution is -0.168. The Kier molecular flexibility index (Phi) is 6.18. The van der Waals surface area contributed by atoms with Crippen molar-refractivity contribution in [2.24, 2.45) is 0 Å². The molecule has 1 aromatic carbocycles. The molecule has 0 saturated carbocycles. The van der Waals surface area contributed by atoms with Crippen molar-refractivity contribution in [2.45, 2.75) is 32.0 Å². The molecule has 0 radical (unpaired) electrons. The lowest BCUT2D eigenvalue weighted by Crippen LogP contribution is -2.25. The molecular weight excluding hydrogens is 315 g/mol. The molecule has 6 heteroatoms. The van der Waals surface area contributed by atoms with Crippen LogP contribution in [0.2, 0.25) is 10.0 Å². The number of ether oxygens (including phenoxy) is 2. The third kappa shape index (κ3) is 5.08. The van der Waals surface area contributed by atoms with Crippen LogP contribution in [0.5, 0.6) is 0 Å². The fourth-order valence-corrected chi connectivity index (χ4v) is 2.33. The molecule has 114 valence electrons. The maximum atomic E-state index is 12.0. The Hall–Kier alpha value is -0.940. The van der Waals surface area contributed by atoms with E-state index in [-0.39, 0.29) is 30.9 Å². The number of hydrogen-bond donors (Lipinski definition) is 0. The van der Waals surface area contributed by atoms with Crippen LogP contribution in [0.4, 0.5) is 0 Å². The Morgan fingerprint density at radius 3 is 2.71 bits per heavy atom. The van der Waals surface area contributed by atoms with E-state index in [1.54, 1.807) is 6.07 Å². The largest absolute Gasteiger partial charge is 0.353 e. The van der Waals surface area contributed by atoms with Crippen molar-refractivity contribution in [3.8, 4) is 0 Å². The van der Waals surface area contributed by atoms with Crippen LogP contribution in [0.1, 0.15) is 36.0 Å². The Bertz CT molecular complexity index is 524. The van der Waals surface area contributed by atoms with Gasteiger partial charge in [0.2, 0.25) is 0 Å². The van der Waals surface area contributed by atoms with E-state index in [0.29, 0.717) is 22.2 Å². The monoisotopic (exact) mass is 330 g/mol. The van der Waals surface area contributed by atoms with E-state index in [0.717, 1.165) is 19.3 Å². The van der Waals surface area contributed by atoms with Gasteiger partial charge in [-0.05, 0) is 37.5 Å². The smallest absolute Gasteiger partial charge is 0.170 e. The van der Waals surface area contributed by atoms with Gasteiger partial charge in [0, 0.05) is 12.2 Å². The number of carbonyl (C=O) groups excluding carboxylic acids is 2. The van der Waals surface area contributed by atoms with Crippen LogP contribution < -0.4 is 0 Å². The van der Waals surface area contributed by atoms with Crippen molar-refractivity contribution in [3.63, 3.8) is 0 Å². The highest BCUT2D eigenvalue weighted by atomic mass is 35.5. The summed E-state index contributed by atoms with van der Waals surface area (Å²) < 4.78 is 10.7. The zero-order valence-corrected chi connectivity index (χ0v) is 13.0. The average molecular weight is 331 g/mol. The van der Waals surface area contributed by atoms with Gasteiger partial charge in [-0.1, -0.05) is 23.2 Å². The molecule has 0 spiro atoms. The quantitative estimate of drug-likeness (QED) is 0.589. The highest BCUT2D eigenvalue weighted by Crippen LogP contribution is 2.23. The summed E-state index contributed by atoms with van der Waals surface area (Å²) in [4.78, 5) is 23.7. The third-order valence-corrected chi connectivity index (χ3v) is 3.91. The minimum absolute atomic E-state index is 0.113. The Balaban J connectivity index is 1.81. The molecule has 1 atom stereocenters. The molecule has 0 aliphatic carbocycles. The number of hydrogen-bond acceptors (Lipinski definition) is 4. The topological polar surface area (TPSA) is 52.6 Å². The van der Waals surface area contributed by atoms with Crippen molar-refractivity contribution in [3.05, 3.63) is 33.8 Å². The Labute approximate surface area is 133 Å². The summed E-state index contributed by atoms with van der Waals surface area (Å²) in [6, 6.07) is 4.55. The molecular formula is C15H16Cl2O4. The van der Waals surface area contributed by atoms with Crippen LogP contribution >= 0.6 is 23.2 Å². The van der Waals surface area contributed by atoms with Gasteiger partial charge in [-0.3, -0.25) is 9.59 Å². The van der Waals surface area contributed by atoms with Gasteiger partial charge in [-0.15, -0.1) is 0 Å². The molecule has 1 saturated heterocycles. The van der Waals surface area contributed by atoms with E-state index in [1.807, 2.05) is 0 Å². The van der Waals surface area contributed by atoms with E-state index in [1.165, 1.54) is 12.1 Å². The van der Waals surface area contributed by atoms with Crippen molar-refractivity contribution >= 4 is 34.8 Å². The van der Waals surface area contributed by atoms with Crippen molar-refractivity contribution in [2.75, 3.05) is 13.2 Å². The summed E-state index contributed by atoms with van der Waals surface area (Å²) in [6.07, 6.45) is 2.28. The zero-order chi connectivity index (χ0) is 15.2. The fraction of sp³-hybridized carbons (Fsp3) is 0.467. The second kappa shape index (κ2) is 7.90. The first-order valence-electron chi connectivity index (χ1n) is 6.79. The minimum atomic E-state index is -0.331. The molecule has 0 N–H and O–H groups in total. The molecule has 1 fully saturated rings. The lowest BCUT2D eigenvalue weighted by atomic mass is 10.1. The summed E-state index contributed by atoms with van der Waals surface area (Å²) in [5, 5.41) is 0.666. The molecule has 0 aromatic heterocycles. The average Bonchev–Trinajstić information content (AvgIpc) is 2.49. The molecule has 4 nitrogen and oxygen atoms in total. The summed E-state index contributed by atoms with van der Waals surface area (Å²) in [5.74, 6) is -0.577. The summed E-state index contributed by atoms with van der Waals surface area (Å²) >= 11 is 11.6. The van der Waals surface area contributed by atoms with Gasteiger partial charge in [0.15, 0.2) is 17.9 Å². The molecule has 1 aliphatic rings. The SMILES string of the molecule is O=C(COC1CCCCO1)CC(=O)c1ccc(Cl)c(Cl)c1. The minimum Gasteiger partial charge on any atom is -0.353 e. The van der Waals surface area contributed by atoms with E-state index < -0.39 is 0 Å². The summed E-state index contributed by atoms with van der Waals surface area (Å²) in [6.45, 7) is 0.540. The molecule has 1 aliphatic heterocycles. The summed E-state index contributed by atoms with van der Waals surface area (Å²) in [7, 11) is 0. The predicted molar refractivity (Wildman–Crippen MR) is 80.0 cm³/mol. The number of halogens is 2. The van der Waals surface area contributed by atoms with Crippen LogP contribution in [-0.4, -0.2) is 31.1 Å². The number of Topliss-reactive ketones (excluding diaryl/α,β-unsaturated/α-hetero) is 2. The second-order valence-corrected chi connectivity index (χ2v) is 5.69. The van der Waals surface area contributed by atoms with Crippen molar-refractivity contribution in [1.29, 1.82) is 0 Å². The maximum absolute atomic E-state index is 12.0. The normalized spacial score (nSPS) is 18.5. The van der Waals surface area contributed by atoms with E-state index in [4.69, 9.17) is 32.7 Å². The van der Waals surface area contributed by atoms with Gasteiger partial charge in [-0.2, -0.15) is 0 Å². The van der Waals surface area contributed by atoms with Crippen LogP contribution in [0, 0.1) is 0 Å². The van der Waals surface area contributed by atoms with E-state index in [2.05, 4.69) is 0 Å². The summed E-state index contributed by atoms with van der Waals surface area (Å²) in [5.41, 5.74) is 0.367. The standard InChI is InChI=1S/C15H16Cl2O4/c16-12-5-4-10(7-13(12)17)14(19)8-11(18)9-21-15-3-1-2-6-20-15/h4-5,7,15H,1-3,6,8-9H2. The number of benzene rings is 1. The third-order valence-electron chi connectivity index (χ3n) is 3.17. The highest BCUT2D eigenvalue weighted by molar-refractivity contribution is 6.42. The Morgan fingerprint density at radius 2 is 2.05 bits per heavy atom. The van der Waals surface area contributed by atoms with Gasteiger partial charge < -0.3 is 9.47 Å². The second-order valence-electron chi connectivity index (χ2n) is 4.87. The molecule has 0 amide bonds. The molecule has 2 rings (SSSR count). The van der Waals surface area contributed by atoms with E-state index >= 15 is 0 Å². The predicted octanol–water partition coefficient (Wildman–Crippen LogP) is 3.68. The number of rotatable bonds is 6. The number of ketones is 2. The molecule has 21 heavy (non-hydrogen) atoms. The van der Waals surface area contributed by atoms with Gasteiger partial charge >= 0.3 is 0 Å². The zero-order valence-electron chi connectivity index (χ0n) is 11.4. The van der Waals surface area contributed by atoms with Crippen LogP contribution in [0.3, 0.4) is 0 Å². The van der Waals surface area contributed by atoms with Crippen LogP contribution in [0.25, 0.3) is 0 Å². The molecule has 0 bridgehead atoms. The molecule has 1 heterocycles. The first-order chi connectivity index (χ1) is 10.1. The van der Waals surface area contributed by atoms with Gasteiger partial charge in [0.1, 0.15) is 6.61 Å². The molecule has 1 unspecified atom stereocenters. The maximum Gasteiger partial charge on any atom is 0.170 e. The molecule has 1 aromatic rings. The Morgan fingerprint density at radius 1 is 1.24 bits per heavy atom. The van der Waals surface area contributed by atoms with E-state index in [9.17, 15) is 9.59 Å². The highest BCUT2D eigenvalue weighted by Gasteiger charge is 2.18. The van der Waals surface area contributed by atoms with Gasteiger partial charge in [-0.25, -0.2) is 0 Å². The van der Waals surface area contributed by atoms with Crippen LogP contribution in [-0.2, 0) is 14.3 Å². The lowest BCUT2D eigenvalue weighted by Gasteiger charge is -2.22. The first-order valence-corrected chi connectivity index (χ1v) is 7.55. The van der Waals surface area contributed by atoms with Crippen molar-refractivity contribution in [1.82, 2.24) is 0 Å². The van der Waals surface area contributed by atoms with Gasteiger partial charge in [0.25, 0.3) is 0 Å². The van der Waals surface area contributed by atoms with Crippen LogP contribution in [0.15, 0.2) is 18.2 Å². The first kappa shape index (κ1) is 16.4.